The van der Waals surface area contributed by atoms with Crippen molar-refractivity contribution in [3.05, 3.63) is 64.7 Å². The second kappa shape index (κ2) is 7.98. The van der Waals surface area contributed by atoms with Crippen LogP contribution in [-0.2, 0) is 11.0 Å². The summed E-state index contributed by atoms with van der Waals surface area (Å²) in [7, 11) is 1.48. The Labute approximate surface area is 164 Å². The number of allylic oxidation sites excluding steroid dienone is 1. The van der Waals surface area contributed by atoms with E-state index in [-0.39, 0.29) is 35.3 Å². The average Bonchev–Trinajstić information content (AvgIpc) is 3.18. The maximum atomic E-state index is 13.2. The van der Waals surface area contributed by atoms with Gasteiger partial charge in [-0.05, 0) is 61.7 Å². The van der Waals surface area contributed by atoms with Gasteiger partial charge in [0, 0.05) is 11.1 Å². The highest BCUT2D eigenvalue weighted by molar-refractivity contribution is 6.14. The maximum absolute atomic E-state index is 13.2. The standard InChI is InChI=1S/C21H17F3O5/c1-28-13-6-8-14(9-7-13)29-18-10-5-12(21(22,23)24)11-17(18)19(25)15-3-2-4-16(15)20(26)27/h5-11H,2-4H2,1H3,(H,26,27). The van der Waals surface area contributed by atoms with Crippen LogP contribution < -0.4 is 9.47 Å². The van der Waals surface area contributed by atoms with E-state index in [0.717, 1.165) is 12.1 Å². The minimum absolute atomic E-state index is 0.0106. The van der Waals surface area contributed by atoms with Gasteiger partial charge in [0.15, 0.2) is 5.78 Å². The zero-order valence-electron chi connectivity index (χ0n) is 15.4. The van der Waals surface area contributed by atoms with E-state index in [1.165, 1.54) is 7.11 Å². The molecule has 0 spiro atoms. The van der Waals surface area contributed by atoms with E-state index >= 15 is 0 Å². The predicted molar refractivity (Wildman–Crippen MR) is 97.4 cm³/mol. The Morgan fingerprint density at radius 3 is 2.17 bits per heavy atom. The molecular formula is C21H17F3O5. The lowest BCUT2D eigenvalue weighted by Crippen LogP contribution is -2.12. The van der Waals surface area contributed by atoms with E-state index in [4.69, 9.17) is 9.47 Å². The number of carboxylic acids is 1. The number of alkyl halides is 3. The van der Waals surface area contributed by atoms with Crippen molar-refractivity contribution in [1.29, 1.82) is 0 Å². The van der Waals surface area contributed by atoms with Crippen LogP contribution in [0.3, 0.4) is 0 Å². The molecule has 0 amide bonds. The number of hydrogen-bond donors (Lipinski definition) is 1. The summed E-state index contributed by atoms with van der Waals surface area (Å²) in [5.41, 5.74) is -1.40. The lowest BCUT2D eigenvalue weighted by Gasteiger charge is -2.15. The average molecular weight is 406 g/mol. The summed E-state index contributed by atoms with van der Waals surface area (Å²) in [6.45, 7) is 0. The highest BCUT2D eigenvalue weighted by Gasteiger charge is 2.34. The van der Waals surface area contributed by atoms with Gasteiger partial charge in [0.2, 0.25) is 0 Å². The molecule has 0 saturated heterocycles. The van der Waals surface area contributed by atoms with Gasteiger partial charge >= 0.3 is 12.1 Å². The number of aliphatic carboxylic acids is 1. The van der Waals surface area contributed by atoms with Crippen LogP contribution in [0.15, 0.2) is 53.6 Å². The summed E-state index contributed by atoms with van der Waals surface area (Å²) in [4.78, 5) is 24.3. The summed E-state index contributed by atoms with van der Waals surface area (Å²) in [5.74, 6) is -1.25. The minimum atomic E-state index is -4.66. The van der Waals surface area contributed by atoms with Crippen LogP contribution in [0.25, 0.3) is 0 Å². The van der Waals surface area contributed by atoms with Crippen molar-refractivity contribution in [1.82, 2.24) is 0 Å². The fourth-order valence-electron chi connectivity index (χ4n) is 3.14. The number of ketones is 1. The molecule has 0 bridgehead atoms. The number of carbonyl (C=O) groups excluding carboxylic acids is 1. The Balaban J connectivity index is 2.05. The van der Waals surface area contributed by atoms with Gasteiger partial charge in [-0.15, -0.1) is 0 Å². The molecule has 0 atom stereocenters. The van der Waals surface area contributed by atoms with E-state index in [2.05, 4.69) is 0 Å². The molecule has 1 aliphatic rings. The molecule has 0 saturated carbocycles. The first-order valence-electron chi connectivity index (χ1n) is 8.74. The number of halogens is 3. The van der Waals surface area contributed by atoms with Gasteiger partial charge in [-0.25, -0.2) is 4.79 Å². The van der Waals surface area contributed by atoms with Crippen LogP contribution in [0.2, 0.25) is 0 Å². The second-order valence-corrected chi connectivity index (χ2v) is 6.43. The van der Waals surface area contributed by atoms with Gasteiger partial charge in [0.25, 0.3) is 0 Å². The Kier molecular flexibility index (Phi) is 5.63. The third-order valence-electron chi connectivity index (χ3n) is 4.59. The smallest absolute Gasteiger partial charge is 0.416 e. The van der Waals surface area contributed by atoms with Crippen molar-refractivity contribution in [3.8, 4) is 17.2 Å². The van der Waals surface area contributed by atoms with Crippen LogP contribution in [-0.4, -0.2) is 24.0 Å². The SMILES string of the molecule is COc1ccc(Oc2ccc(C(F)(F)F)cc2C(=O)C2=C(C(=O)O)CCC2)cc1. The Bertz CT molecular complexity index is 975. The highest BCUT2D eigenvalue weighted by Crippen LogP contribution is 2.37. The summed E-state index contributed by atoms with van der Waals surface area (Å²) in [5, 5.41) is 9.28. The number of hydrogen-bond acceptors (Lipinski definition) is 4. The lowest BCUT2D eigenvalue weighted by atomic mass is 9.97. The fourth-order valence-corrected chi connectivity index (χ4v) is 3.14. The molecular weight excluding hydrogens is 389 g/mol. The largest absolute Gasteiger partial charge is 0.497 e. The molecule has 8 heteroatoms. The highest BCUT2D eigenvalue weighted by atomic mass is 19.4. The Morgan fingerprint density at radius 2 is 1.59 bits per heavy atom. The molecule has 29 heavy (non-hydrogen) atoms. The molecule has 0 fully saturated rings. The molecule has 0 aromatic heterocycles. The minimum Gasteiger partial charge on any atom is -0.497 e. The summed E-state index contributed by atoms with van der Waals surface area (Å²) < 4.78 is 50.2. The number of carboxylic acid groups (broad SMARTS) is 1. The Hall–Kier alpha value is -3.29. The van der Waals surface area contributed by atoms with Gasteiger partial charge in [-0.2, -0.15) is 13.2 Å². The molecule has 2 aromatic carbocycles. The quantitative estimate of drug-likeness (QED) is 0.663. The summed E-state index contributed by atoms with van der Waals surface area (Å²) >= 11 is 0. The number of benzene rings is 2. The molecule has 3 rings (SSSR count). The molecule has 0 heterocycles. The monoisotopic (exact) mass is 406 g/mol. The molecule has 1 N–H and O–H groups in total. The van der Waals surface area contributed by atoms with Crippen molar-refractivity contribution in [3.63, 3.8) is 0 Å². The van der Waals surface area contributed by atoms with Crippen LogP contribution in [0.1, 0.15) is 35.2 Å². The number of methoxy groups -OCH3 is 1. The van der Waals surface area contributed by atoms with Crippen molar-refractivity contribution >= 4 is 11.8 Å². The van der Waals surface area contributed by atoms with E-state index in [1.807, 2.05) is 0 Å². The van der Waals surface area contributed by atoms with Crippen molar-refractivity contribution in [2.75, 3.05) is 7.11 Å². The predicted octanol–water partition coefficient (Wildman–Crippen LogP) is 5.25. The van der Waals surface area contributed by atoms with E-state index in [0.29, 0.717) is 24.0 Å². The van der Waals surface area contributed by atoms with Gasteiger partial charge in [0.05, 0.1) is 18.2 Å². The van der Waals surface area contributed by atoms with Crippen molar-refractivity contribution in [2.45, 2.75) is 25.4 Å². The van der Waals surface area contributed by atoms with Crippen LogP contribution >= 0.6 is 0 Å². The van der Waals surface area contributed by atoms with E-state index in [1.54, 1.807) is 24.3 Å². The topological polar surface area (TPSA) is 72.8 Å². The van der Waals surface area contributed by atoms with Crippen LogP contribution in [0.5, 0.6) is 17.2 Å². The lowest BCUT2D eigenvalue weighted by molar-refractivity contribution is -0.137. The Morgan fingerprint density at radius 1 is 0.966 bits per heavy atom. The van der Waals surface area contributed by atoms with Gasteiger partial charge in [-0.1, -0.05) is 0 Å². The zero-order valence-corrected chi connectivity index (χ0v) is 15.4. The molecule has 5 nitrogen and oxygen atoms in total. The first-order valence-corrected chi connectivity index (χ1v) is 8.74. The normalized spacial score (nSPS) is 14.1. The molecule has 0 radical (unpaired) electrons. The molecule has 0 aliphatic heterocycles. The molecule has 2 aromatic rings. The van der Waals surface area contributed by atoms with Gasteiger partial charge in [-0.3, -0.25) is 4.79 Å². The second-order valence-electron chi connectivity index (χ2n) is 6.43. The first-order chi connectivity index (χ1) is 13.7. The van der Waals surface area contributed by atoms with Crippen molar-refractivity contribution in [2.24, 2.45) is 0 Å². The third kappa shape index (κ3) is 4.42. The van der Waals surface area contributed by atoms with E-state index in [9.17, 15) is 27.9 Å². The number of carbonyl (C=O) groups is 2. The zero-order chi connectivity index (χ0) is 21.2. The maximum Gasteiger partial charge on any atom is 0.416 e. The number of rotatable bonds is 6. The van der Waals surface area contributed by atoms with Crippen LogP contribution in [0.4, 0.5) is 13.2 Å². The number of Topliss-reactive ketones (excluding diaryl/α,β-unsaturated/α-hetero) is 1. The van der Waals surface area contributed by atoms with Gasteiger partial charge in [0.1, 0.15) is 17.2 Å². The van der Waals surface area contributed by atoms with Crippen LogP contribution in [0, 0.1) is 0 Å². The van der Waals surface area contributed by atoms with Crippen molar-refractivity contribution < 1.29 is 37.3 Å². The molecule has 1 aliphatic carbocycles. The fraction of sp³-hybridized carbons (Fsp3) is 0.238. The molecule has 0 unspecified atom stereocenters. The summed E-state index contributed by atoms with van der Waals surface area (Å²) in [6, 6.07) is 8.87. The summed E-state index contributed by atoms with van der Waals surface area (Å²) in [6.07, 6.45) is -3.81. The molecule has 152 valence electrons. The number of ether oxygens (including phenoxy) is 2. The van der Waals surface area contributed by atoms with E-state index < -0.39 is 23.5 Å². The third-order valence-corrected chi connectivity index (χ3v) is 4.59. The first kappa shape index (κ1) is 20.4. The van der Waals surface area contributed by atoms with Gasteiger partial charge < -0.3 is 14.6 Å².